The van der Waals surface area contributed by atoms with E-state index >= 15 is 0 Å². The first-order valence-corrected chi connectivity index (χ1v) is 8.61. The fourth-order valence-electron chi connectivity index (χ4n) is 3.06. The second-order valence-electron chi connectivity index (χ2n) is 6.82. The average Bonchev–Trinajstić information content (AvgIpc) is 3.07. The van der Waals surface area contributed by atoms with Gasteiger partial charge in [-0.25, -0.2) is 14.3 Å². The molecule has 1 aliphatic rings. The lowest BCUT2D eigenvalue weighted by molar-refractivity contribution is -0.135. The molecule has 0 N–H and O–H groups in total. The van der Waals surface area contributed by atoms with Crippen LogP contribution in [0.25, 0.3) is 5.78 Å². The maximum atomic E-state index is 12.5. The quantitative estimate of drug-likeness (QED) is 0.783. The first kappa shape index (κ1) is 17.3. The summed E-state index contributed by atoms with van der Waals surface area (Å²) < 4.78 is 6.79. The number of piperidine rings is 1. The van der Waals surface area contributed by atoms with Crippen LogP contribution in [0.5, 0.6) is 0 Å². The highest BCUT2D eigenvalue weighted by molar-refractivity contribution is 5.92. The van der Waals surface area contributed by atoms with Crippen molar-refractivity contribution in [2.45, 2.75) is 39.5 Å². The number of amides is 1. The van der Waals surface area contributed by atoms with Crippen molar-refractivity contribution < 1.29 is 14.3 Å². The number of carbonyl (C=O) groups is 2. The Balaban J connectivity index is 1.70. The minimum Gasteiger partial charge on any atom is -0.452 e. The van der Waals surface area contributed by atoms with E-state index in [0.717, 1.165) is 25.9 Å². The van der Waals surface area contributed by atoms with Gasteiger partial charge in [0.05, 0.1) is 11.3 Å². The normalized spacial score (nSPS) is 15.8. The van der Waals surface area contributed by atoms with Gasteiger partial charge in [-0.1, -0.05) is 20.8 Å². The number of ether oxygens (including phenoxy) is 1. The molecule has 2 aromatic heterocycles. The van der Waals surface area contributed by atoms with Crippen LogP contribution in [-0.4, -0.2) is 56.1 Å². The first-order chi connectivity index (χ1) is 12.0. The van der Waals surface area contributed by atoms with Crippen molar-refractivity contribution in [3.05, 3.63) is 23.8 Å². The summed E-state index contributed by atoms with van der Waals surface area (Å²) in [4.78, 5) is 34.6. The summed E-state index contributed by atoms with van der Waals surface area (Å²) >= 11 is 0. The molecule has 8 nitrogen and oxygen atoms in total. The van der Waals surface area contributed by atoms with E-state index in [1.54, 1.807) is 4.90 Å². The number of fused-ring (bicyclic) bond motifs is 1. The maximum absolute atomic E-state index is 12.5. The summed E-state index contributed by atoms with van der Waals surface area (Å²) in [5.41, 5.74) is 0.986. The van der Waals surface area contributed by atoms with Crippen LogP contribution >= 0.6 is 0 Å². The van der Waals surface area contributed by atoms with Gasteiger partial charge in [-0.15, -0.1) is 0 Å². The van der Waals surface area contributed by atoms with Crippen LogP contribution < -0.4 is 0 Å². The monoisotopic (exact) mass is 345 g/mol. The van der Waals surface area contributed by atoms with E-state index in [-0.39, 0.29) is 18.4 Å². The number of aromatic nitrogens is 4. The topological polar surface area (TPSA) is 89.7 Å². The number of carbonyl (C=O) groups excluding carboxylic acids is 2. The van der Waals surface area contributed by atoms with Gasteiger partial charge < -0.3 is 9.64 Å². The molecule has 1 aliphatic heterocycles. The second kappa shape index (κ2) is 7.16. The Morgan fingerprint density at radius 2 is 2.00 bits per heavy atom. The zero-order chi connectivity index (χ0) is 18.0. The Morgan fingerprint density at radius 1 is 1.28 bits per heavy atom. The summed E-state index contributed by atoms with van der Waals surface area (Å²) in [5, 5.41) is 4.12. The van der Waals surface area contributed by atoms with E-state index in [9.17, 15) is 9.59 Å². The van der Waals surface area contributed by atoms with Crippen LogP contribution in [-0.2, 0) is 9.53 Å². The van der Waals surface area contributed by atoms with Crippen molar-refractivity contribution in [1.82, 2.24) is 24.5 Å². The molecule has 3 rings (SSSR count). The smallest absolute Gasteiger partial charge is 0.342 e. The number of nitrogens with zero attached hydrogens (tertiary/aromatic N) is 5. The fourth-order valence-corrected chi connectivity index (χ4v) is 3.06. The van der Waals surface area contributed by atoms with Crippen molar-refractivity contribution in [2.24, 2.45) is 5.92 Å². The van der Waals surface area contributed by atoms with Crippen molar-refractivity contribution in [3.63, 3.8) is 0 Å². The minimum atomic E-state index is -0.563. The van der Waals surface area contributed by atoms with Crippen molar-refractivity contribution in [2.75, 3.05) is 19.7 Å². The molecule has 0 aliphatic carbocycles. The third kappa shape index (κ3) is 3.62. The highest BCUT2D eigenvalue weighted by atomic mass is 16.5. The summed E-state index contributed by atoms with van der Waals surface area (Å²) in [5.74, 6) is 0.377. The first-order valence-electron chi connectivity index (χ1n) is 8.61. The molecule has 0 spiro atoms. The van der Waals surface area contributed by atoms with Crippen LogP contribution in [0.1, 0.15) is 55.6 Å². The molecule has 3 heterocycles. The molecule has 25 heavy (non-hydrogen) atoms. The van der Waals surface area contributed by atoms with Gasteiger partial charge in [0.2, 0.25) is 0 Å². The fraction of sp³-hybridized carbons (Fsp3) is 0.588. The Bertz CT molecular complexity index is 778. The summed E-state index contributed by atoms with van der Waals surface area (Å²) in [6, 6.07) is 0. The summed E-state index contributed by atoms with van der Waals surface area (Å²) in [7, 11) is 0. The molecule has 134 valence electrons. The minimum absolute atomic E-state index is 0.0223. The molecule has 1 amide bonds. The van der Waals surface area contributed by atoms with Gasteiger partial charge >= 0.3 is 5.97 Å². The van der Waals surface area contributed by atoms with E-state index in [0.29, 0.717) is 23.0 Å². The SMILES string of the molecule is CC1CCN(C(=O)COC(=O)c2cnc3ncnn3c2C(C)C)CC1. The molecule has 0 saturated carbocycles. The van der Waals surface area contributed by atoms with Gasteiger partial charge in [0, 0.05) is 19.3 Å². The Morgan fingerprint density at radius 3 is 2.68 bits per heavy atom. The predicted molar refractivity (Wildman–Crippen MR) is 90.1 cm³/mol. The number of hydrogen-bond acceptors (Lipinski definition) is 6. The molecule has 0 unspecified atom stereocenters. The maximum Gasteiger partial charge on any atom is 0.342 e. The largest absolute Gasteiger partial charge is 0.452 e. The van der Waals surface area contributed by atoms with Crippen molar-refractivity contribution in [3.8, 4) is 0 Å². The van der Waals surface area contributed by atoms with Crippen molar-refractivity contribution in [1.29, 1.82) is 0 Å². The molecule has 2 aromatic rings. The van der Waals surface area contributed by atoms with Crippen molar-refractivity contribution >= 4 is 17.7 Å². The zero-order valence-electron chi connectivity index (χ0n) is 14.8. The zero-order valence-corrected chi connectivity index (χ0v) is 14.8. The summed E-state index contributed by atoms with van der Waals surface area (Å²) in [6.45, 7) is 7.28. The van der Waals surface area contributed by atoms with Gasteiger partial charge in [-0.05, 0) is 24.7 Å². The second-order valence-corrected chi connectivity index (χ2v) is 6.82. The number of esters is 1. The molecule has 0 radical (unpaired) electrons. The lowest BCUT2D eigenvalue weighted by Gasteiger charge is -2.30. The predicted octanol–water partition coefficient (Wildman–Crippen LogP) is 1.66. The highest BCUT2D eigenvalue weighted by Gasteiger charge is 2.24. The van der Waals surface area contributed by atoms with Gasteiger partial charge in [0.15, 0.2) is 6.61 Å². The third-order valence-corrected chi connectivity index (χ3v) is 4.57. The Hall–Kier alpha value is -2.51. The molecule has 0 aromatic carbocycles. The number of hydrogen-bond donors (Lipinski definition) is 0. The van der Waals surface area contributed by atoms with Gasteiger partial charge in [-0.3, -0.25) is 4.79 Å². The third-order valence-electron chi connectivity index (χ3n) is 4.57. The van der Waals surface area contributed by atoms with Crippen LogP contribution in [0.2, 0.25) is 0 Å². The van der Waals surface area contributed by atoms with Crippen LogP contribution in [0.15, 0.2) is 12.5 Å². The molecule has 0 atom stereocenters. The lowest BCUT2D eigenvalue weighted by atomic mass is 9.99. The van der Waals surface area contributed by atoms with E-state index in [2.05, 4.69) is 22.0 Å². The van der Waals surface area contributed by atoms with Crippen LogP contribution in [0.3, 0.4) is 0 Å². The molecule has 8 heteroatoms. The van der Waals surface area contributed by atoms with E-state index in [4.69, 9.17) is 4.74 Å². The van der Waals surface area contributed by atoms with Gasteiger partial charge in [0.1, 0.15) is 6.33 Å². The molecular formula is C17H23N5O3. The Kier molecular flexibility index (Phi) is 4.96. The highest BCUT2D eigenvalue weighted by Crippen LogP contribution is 2.20. The van der Waals surface area contributed by atoms with Crippen LogP contribution in [0.4, 0.5) is 0 Å². The average molecular weight is 345 g/mol. The van der Waals surface area contributed by atoms with E-state index in [1.807, 2.05) is 13.8 Å². The number of rotatable bonds is 4. The molecule has 1 fully saturated rings. The molecule has 1 saturated heterocycles. The van der Waals surface area contributed by atoms with E-state index < -0.39 is 5.97 Å². The van der Waals surface area contributed by atoms with Crippen LogP contribution in [0, 0.1) is 5.92 Å². The van der Waals surface area contributed by atoms with Gasteiger partial charge in [0.25, 0.3) is 11.7 Å². The van der Waals surface area contributed by atoms with E-state index in [1.165, 1.54) is 17.0 Å². The lowest BCUT2D eigenvalue weighted by Crippen LogP contribution is -2.40. The Labute approximate surface area is 146 Å². The molecule has 0 bridgehead atoms. The summed E-state index contributed by atoms with van der Waals surface area (Å²) in [6.07, 6.45) is 4.81. The van der Waals surface area contributed by atoms with Gasteiger partial charge in [-0.2, -0.15) is 10.1 Å². The molecular weight excluding hydrogens is 322 g/mol. The standard InChI is InChI=1S/C17H23N5O3/c1-11(2)15-13(8-18-17-19-10-20-22(15)17)16(24)25-9-14(23)21-6-4-12(3)5-7-21/h8,10-12H,4-7,9H2,1-3H3. The number of likely N-dealkylation sites (tertiary alicyclic amines) is 1.